The second-order valence-electron chi connectivity index (χ2n) is 7.95. The Morgan fingerprint density at radius 2 is 1.66 bits per heavy atom. The predicted molar refractivity (Wildman–Crippen MR) is 136 cm³/mol. The van der Waals surface area contributed by atoms with Gasteiger partial charge in [-0.05, 0) is 60.5 Å². The van der Waals surface area contributed by atoms with Gasteiger partial charge in [0.05, 0.1) is 0 Å². The molecule has 35 heavy (non-hydrogen) atoms. The SMILES string of the molecule is Cc1ccc(C(=O)Nc2ccccc2)cc1NC(=O)NCc1ccc(OCc2cccnc2)cc1. The molecular weight excluding hydrogens is 440 g/mol. The highest BCUT2D eigenvalue weighted by molar-refractivity contribution is 6.05. The number of hydrogen-bond acceptors (Lipinski definition) is 4. The van der Waals surface area contributed by atoms with Crippen molar-refractivity contribution in [2.45, 2.75) is 20.1 Å². The van der Waals surface area contributed by atoms with Crippen molar-refractivity contribution in [3.8, 4) is 5.75 Å². The number of carbonyl (C=O) groups excluding carboxylic acids is 2. The minimum atomic E-state index is -0.356. The van der Waals surface area contributed by atoms with Gasteiger partial charge in [-0.1, -0.05) is 42.5 Å². The number of aromatic nitrogens is 1. The van der Waals surface area contributed by atoms with Crippen LogP contribution in [0.25, 0.3) is 0 Å². The van der Waals surface area contributed by atoms with Gasteiger partial charge >= 0.3 is 6.03 Å². The average Bonchev–Trinajstić information content (AvgIpc) is 2.89. The first kappa shape index (κ1) is 23.5. The molecular formula is C28H26N4O3. The molecule has 0 unspecified atom stereocenters. The third-order valence-corrected chi connectivity index (χ3v) is 5.28. The van der Waals surface area contributed by atoms with Crippen molar-refractivity contribution in [2.75, 3.05) is 10.6 Å². The molecule has 4 aromatic rings. The van der Waals surface area contributed by atoms with Gasteiger partial charge in [-0.3, -0.25) is 9.78 Å². The molecule has 0 fully saturated rings. The molecule has 0 saturated heterocycles. The smallest absolute Gasteiger partial charge is 0.319 e. The van der Waals surface area contributed by atoms with Gasteiger partial charge < -0.3 is 20.7 Å². The van der Waals surface area contributed by atoms with Crippen LogP contribution in [0.4, 0.5) is 16.2 Å². The minimum Gasteiger partial charge on any atom is -0.489 e. The Balaban J connectivity index is 1.29. The molecule has 0 atom stereocenters. The summed E-state index contributed by atoms with van der Waals surface area (Å²) < 4.78 is 5.76. The van der Waals surface area contributed by atoms with E-state index < -0.39 is 0 Å². The minimum absolute atomic E-state index is 0.245. The van der Waals surface area contributed by atoms with Crippen LogP contribution >= 0.6 is 0 Å². The van der Waals surface area contributed by atoms with Crippen molar-refractivity contribution in [3.05, 3.63) is 120 Å². The number of ether oxygens (including phenoxy) is 1. The third-order valence-electron chi connectivity index (χ3n) is 5.28. The zero-order valence-corrected chi connectivity index (χ0v) is 19.3. The molecule has 0 aliphatic carbocycles. The maximum absolute atomic E-state index is 12.6. The average molecular weight is 467 g/mol. The first-order valence-corrected chi connectivity index (χ1v) is 11.2. The van der Waals surface area contributed by atoms with E-state index in [0.29, 0.717) is 30.1 Å². The zero-order chi connectivity index (χ0) is 24.5. The number of para-hydroxylation sites is 1. The van der Waals surface area contributed by atoms with E-state index in [4.69, 9.17) is 4.74 Å². The van der Waals surface area contributed by atoms with Crippen LogP contribution in [0.1, 0.15) is 27.0 Å². The lowest BCUT2D eigenvalue weighted by Gasteiger charge is -2.12. The summed E-state index contributed by atoms with van der Waals surface area (Å²) in [7, 11) is 0. The predicted octanol–water partition coefficient (Wildman–Crippen LogP) is 5.54. The second-order valence-corrected chi connectivity index (χ2v) is 7.95. The molecule has 1 heterocycles. The molecule has 1 aromatic heterocycles. The van der Waals surface area contributed by atoms with Crippen molar-refractivity contribution in [2.24, 2.45) is 0 Å². The molecule has 3 aromatic carbocycles. The molecule has 0 saturated carbocycles. The lowest BCUT2D eigenvalue weighted by atomic mass is 10.1. The van der Waals surface area contributed by atoms with Crippen molar-refractivity contribution in [3.63, 3.8) is 0 Å². The first-order valence-electron chi connectivity index (χ1n) is 11.2. The maximum Gasteiger partial charge on any atom is 0.319 e. The molecule has 0 spiro atoms. The van der Waals surface area contributed by atoms with Gasteiger partial charge in [-0.25, -0.2) is 4.79 Å². The number of amides is 3. The van der Waals surface area contributed by atoms with Gasteiger partial charge in [-0.15, -0.1) is 0 Å². The number of nitrogens with zero attached hydrogens (tertiary/aromatic N) is 1. The second kappa shape index (κ2) is 11.5. The van der Waals surface area contributed by atoms with E-state index in [1.807, 2.05) is 73.7 Å². The van der Waals surface area contributed by atoms with Gasteiger partial charge in [0.15, 0.2) is 0 Å². The quantitative estimate of drug-likeness (QED) is 0.318. The van der Waals surface area contributed by atoms with Gasteiger partial charge in [0.25, 0.3) is 5.91 Å². The van der Waals surface area contributed by atoms with Crippen LogP contribution < -0.4 is 20.7 Å². The number of anilines is 2. The number of rotatable bonds is 8. The number of hydrogen-bond donors (Lipinski definition) is 3. The Bertz CT molecular complexity index is 1280. The summed E-state index contributed by atoms with van der Waals surface area (Å²) in [5, 5.41) is 8.52. The Labute approximate surface area is 204 Å². The summed E-state index contributed by atoms with van der Waals surface area (Å²) in [6.07, 6.45) is 3.49. The van der Waals surface area contributed by atoms with E-state index in [9.17, 15) is 9.59 Å². The number of pyridine rings is 1. The van der Waals surface area contributed by atoms with Crippen molar-refractivity contribution >= 4 is 23.3 Å². The molecule has 7 nitrogen and oxygen atoms in total. The molecule has 0 aliphatic rings. The van der Waals surface area contributed by atoms with E-state index in [0.717, 1.165) is 22.4 Å². The molecule has 4 rings (SSSR count). The largest absolute Gasteiger partial charge is 0.489 e. The summed E-state index contributed by atoms with van der Waals surface area (Å²) in [6.45, 7) is 2.66. The summed E-state index contributed by atoms with van der Waals surface area (Å²) in [5.74, 6) is 0.494. The van der Waals surface area contributed by atoms with E-state index in [2.05, 4.69) is 20.9 Å². The molecule has 0 radical (unpaired) electrons. The van der Waals surface area contributed by atoms with Crippen LogP contribution in [-0.4, -0.2) is 16.9 Å². The highest BCUT2D eigenvalue weighted by Crippen LogP contribution is 2.19. The summed E-state index contributed by atoms with van der Waals surface area (Å²) in [5.41, 5.74) is 4.51. The van der Waals surface area contributed by atoms with Crippen LogP contribution in [0.5, 0.6) is 5.75 Å². The Hall–Kier alpha value is -4.65. The Morgan fingerprint density at radius 1 is 0.857 bits per heavy atom. The van der Waals surface area contributed by atoms with Crippen LogP contribution in [0.2, 0.25) is 0 Å². The summed E-state index contributed by atoms with van der Waals surface area (Å²) in [4.78, 5) is 29.1. The fourth-order valence-corrected chi connectivity index (χ4v) is 3.33. The van der Waals surface area contributed by atoms with Crippen LogP contribution in [-0.2, 0) is 13.2 Å². The molecule has 3 amide bonds. The Kier molecular flexibility index (Phi) is 7.70. The maximum atomic E-state index is 12.6. The van der Waals surface area contributed by atoms with Crippen LogP contribution in [0.15, 0.2) is 97.3 Å². The summed E-state index contributed by atoms with van der Waals surface area (Å²) in [6, 6.07) is 25.4. The normalized spacial score (nSPS) is 10.3. The zero-order valence-electron chi connectivity index (χ0n) is 19.3. The summed E-state index contributed by atoms with van der Waals surface area (Å²) >= 11 is 0. The van der Waals surface area contributed by atoms with E-state index >= 15 is 0 Å². The fraction of sp³-hybridized carbons (Fsp3) is 0.107. The van der Waals surface area contributed by atoms with Crippen molar-refractivity contribution < 1.29 is 14.3 Å². The number of benzene rings is 3. The van der Waals surface area contributed by atoms with E-state index in [1.54, 1.807) is 30.6 Å². The van der Waals surface area contributed by atoms with Crippen LogP contribution in [0, 0.1) is 6.92 Å². The highest BCUT2D eigenvalue weighted by Gasteiger charge is 2.11. The standard InChI is InChI=1S/C28H26N4O3/c1-20-9-12-23(27(33)31-24-7-3-2-4-8-24)16-26(20)32-28(34)30-18-21-10-13-25(14-11-21)35-19-22-6-5-15-29-17-22/h2-17H,18-19H2,1H3,(H,31,33)(H2,30,32,34). The Morgan fingerprint density at radius 3 is 2.40 bits per heavy atom. The highest BCUT2D eigenvalue weighted by atomic mass is 16.5. The molecule has 7 heteroatoms. The number of carbonyl (C=O) groups is 2. The molecule has 0 aliphatic heterocycles. The van der Waals surface area contributed by atoms with E-state index in [1.165, 1.54) is 0 Å². The first-order chi connectivity index (χ1) is 17.1. The van der Waals surface area contributed by atoms with Gasteiger partial charge in [0.1, 0.15) is 12.4 Å². The van der Waals surface area contributed by atoms with Gasteiger partial charge in [-0.2, -0.15) is 0 Å². The van der Waals surface area contributed by atoms with Crippen molar-refractivity contribution in [1.29, 1.82) is 0 Å². The lowest BCUT2D eigenvalue weighted by Crippen LogP contribution is -2.28. The number of urea groups is 1. The van der Waals surface area contributed by atoms with E-state index in [-0.39, 0.29) is 11.9 Å². The topological polar surface area (TPSA) is 92.4 Å². The van der Waals surface area contributed by atoms with Gasteiger partial charge in [0, 0.05) is 41.4 Å². The molecule has 0 bridgehead atoms. The lowest BCUT2D eigenvalue weighted by molar-refractivity contribution is 0.102. The van der Waals surface area contributed by atoms with Gasteiger partial charge in [0.2, 0.25) is 0 Å². The third kappa shape index (κ3) is 6.91. The van der Waals surface area contributed by atoms with Crippen LogP contribution in [0.3, 0.4) is 0 Å². The number of nitrogens with one attached hydrogen (secondary N) is 3. The number of aryl methyl sites for hydroxylation is 1. The van der Waals surface area contributed by atoms with Crippen molar-refractivity contribution in [1.82, 2.24) is 10.3 Å². The fourth-order valence-electron chi connectivity index (χ4n) is 3.33. The molecule has 3 N–H and O–H groups in total. The monoisotopic (exact) mass is 466 g/mol. The molecule has 176 valence electrons.